The van der Waals surface area contributed by atoms with Crippen LogP contribution in [0.4, 0.5) is 0 Å². The number of esters is 1. The number of aryl methyl sites for hydroxylation is 2. The first-order valence-electron chi connectivity index (χ1n) is 9.18. The smallest absolute Gasteiger partial charge is 0.342 e. The summed E-state index contributed by atoms with van der Waals surface area (Å²) < 4.78 is 10.6. The van der Waals surface area contributed by atoms with Gasteiger partial charge in [-0.2, -0.15) is 5.10 Å². The molecule has 1 aromatic heterocycles. The number of carbonyl (C=O) groups excluding carboxylic acids is 2. The maximum Gasteiger partial charge on any atom is 0.342 e. The molecule has 6 heteroatoms. The van der Waals surface area contributed by atoms with Crippen LogP contribution in [-0.2, 0) is 9.53 Å². The first kappa shape index (κ1) is 20.1. The van der Waals surface area contributed by atoms with Gasteiger partial charge in [-0.05, 0) is 20.8 Å². The van der Waals surface area contributed by atoms with Crippen molar-refractivity contribution in [2.75, 3.05) is 6.61 Å². The van der Waals surface area contributed by atoms with E-state index in [0.29, 0.717) is 28.4 Å². The zero-order valence-electron chi connectivity index (χ0n) is 16.6. The normalized spacial score (nSPS) is 10.3. The lowest BCUT2D eigenvalue weighted by Gasteiger charge is -2.08. The van der Waals surface area contributed by atoms with Crippen molar-refractivity contribution in [1.29, 1.82) is 0 Å². The van der Waals surface area contributed by atoms with Gasteiger partial charge in [-0.25, -0.2) is 10.2 Å². The predicted molar refractivity (Wildman–Crippen MR) is 110 cm³/mol. The van der Waals surface area contributed by atoms with Crippen LogP contribution < -0.4 is 5.43 Å². The molecule has 0 aliphatic rings. The van der Waals surface area contributed by atoms with Gasteiger partial charge in [-0.15, -0.1) is 0 Å². The molecule has 0 atom stereocenters. The third-order valence-corrected chi connectivity index (χ3v) is 4.49. The summed E-state index contributed by atoms with van der Waals surface area (Å²) in [6.45, 7) is 4.79. The van der Waals surface area contributed by atoms with Crippen molar-refractivity contribution >= 4 is 17.6 Å². The molecule has 1 N–H and O–H groups in total. The van der Waals surface area contributed by atoms with Crippen LogP contribution >= 0.6 is 0 Å². The molecule has 0 aliphatic carbocycles. The molecule has 0 unspecified atom stereocenters. The van der Waals surface area contributed by atoms with Crippen molar-refractivity contribution in [3.63, 3.8) is 0 Å². The first-order valence-corrected chi connectivity index (χ1v) is 9.18. The first-order chi connectivity index (χ1) is 14.0. The Bertz CT molecular complexity index is 996. The molecule has 0 saturated heterocycles. The van der Waals surface area contributed by atoms with Crippen molar-refractivity contribution in [1.82, 2.24) is 5.43 Å². The fourth-order valence-corrected chi connectivity index (χ4v) is 2.94. The minimum atomic E-state index is -0.595. The Morgan fingerprint density at radius 1 is 0.897 bits per heavy atom. The lowest BCUT2D eigenvalue weighted by molar-refractivity contribution is -0.124. The van der Waals surface area contributed by atoms with E-state index in [1.54, 1.807) is 20.8 Å². The molecule has 3 rings (SSSR count). The monoisotopic (exact) mass is 390 g/mol. The Hall–Kier alpha value is -3.67. The highest BCUT2D eigenvalue weighted by Crippen LogP contribution is 2.21. The average Bonchev–Trinajstić information content (AvgIpc) is 2.99. The average molecular weight is 390 g/mol. The summed E-state index contributed by atoms with van der Waals surface area (Å²) in [5.41, 5.74) is 5.86. The topological polar surface area (TPSA) is 80.9 Å². The highest BCUT2D eigenvalue weighted by molar-refractivity contribution is 6.13. The number of hydrogen-bond donors (Lipinski definition) is 1. The van der Waals surface area contributed by atoms with Gasteiger partial charge < -0.3 is 9.15 Å². The number of amides is 1. The van der Waals surface area contributed by atoms with Crippen LogP contribution in [0.1, 0.15) is 38.6 Å². The number of benzene rings is 2. The zero-order valence-corrected chi connectivity index (χ0v) is 16.6. The van der Waals surface area contributed by atoms with Crippen LogP contribution in [0.5, 0.6) is 0 Å². The van der Waals surface area contributed by atoms with Gasteiger partial charge in [0.15, 0.2) is 6.61 Å². The third-order valence-electron chi connectivity index (χ3n) is 4.49. The quantitative estimate of drug-likeness (QED) is 0.393. The van der Waals surface area contributed by atoms with Gasteiger partial charge in [-0.1, -0.05) is 60.7 Å². The molecule has 0 radical (unpaired) electrons. The SMILES string of the molecule is Cc1oc(C)c(C(=O)OCC(=O)NN=C(c2ccccc2)c2ccccc2)c1C. The molecule has 0 saturated carbocycles. The van der Waals surface area contributed by atoms with E-state index in [1.807, 2.05) is 60.7 Å². The van der Waals surface area contributed by atoms with Gasteiger partial charge >= 0.3 is 5.97 Å². The Morgan fingerprint density at radius 2 is 1.45 bits per heavy atom. The van der Waals surface area contributed by atoms with E-state index in [9.17, 15) is 9.59 Å². The molecule has 1 heterocycles. The van der Waals surface area contributed by atoms with Gasteiger partial charge in [0.05, 0.1) is 5.71 Å². The molecule has 0 aliphatic heterocycles. The summed E-state index contributed by atoms with van der Waals surface area (Å²) >= 11 is 0. The van der Waals surface area contributed by atoms with Gasteiger partial charge in [0.25, 0.3) is 5.91 Å². The van der Waals surface area contributed by atoms with Gasteiger partial charge in [-0.3, -0.25) is 4.79 Å². The van der Waals surface area contributed by atoms with Gasteiger partial charge in [0, 0.05) is 16.7 Å². The summed E-state index contributed by atoms with van der Waals surface area (Å²) in [5.74, 6) is -0.00158. The second kappa shape index (κ2) is 9.01. The second-order valence-corrected chi connectivity index (χ2v) is 6.52. The molecule has 29 heavy (non-hydrogen) atoms. The standard InChI is InChI=1S/C23H22N2O4/c1-15-16(2)29-17(3)21(15)23(27)28-14-20(26)24-25-22(18-10-6-4-7-11-18)19-12-8-5-9-13-19/h4-13H,14H2,1-3H3,(H,24,26). The maximum atomic E-state index is 12.3. The number of hydrazone groups is 1. The van der Waals surface area contributed by atoms with E-state index in [1.165, 1.54) is 0 Å². The van der Waals surface area contributed by atoms with E-state index < -0.39 is 18.5 Å². The van der Waals surface area contributed by atoms with Crippen LogP contribution in [0.2, 0.25) is 0 Å². The van der Waals surface area contributed by atoms with Crippen molar-refractivity contribution in [2.45, 2.75) is 20.8 Å². The van der Waals surface area contributed by atoms with E-state index in [2.05, 4.69) is 10.5 Å². The number of furan rings is 1. The molecule has 148 valence electrons. The third kappa shape index (κ3) is 4.79. The molecular formula is C23H22N2O4. The van der Waals surface area contributed by atoms with E-state index >= 15 is 0 Å². The summed E-state index contributed by atoms with van der Waals surface area (Å²) in [5, 5.41) is 4.26. The number of ether oxygens (including phenoxy) is 1. The molecule has 0 bridgehead atoms. The molecule has 1 amide bonds. The van der Waals surface area contributed by atoms with Crippen LogP contribution in [-0.4, -0.2) is 24.2 Å². The number of hydrogen-bond acceptors (Lipinski definition) is 5. The van der Waals surface area contributed by atoms with Crippen LogP contribution in [0.15, 0.2) is 70.2 Å². The lowest BCUT2D eigenvalue weighted by Crippen LogP contribution is -2.26. The Morgan fingerprint density at radius 3 is 1.93 bits per heavy atom. The summed E-state index contributed by atoms with van der Waals surface area (Å²) in [7, 11) is 0. The zero-order chi connectivity index (χ0) is 20.8. The fraction of sp³-hybridized carbons (Fsp3) is 0.174. The van der Waals surface area contributed by atoms with Crippen LogP contribution in [0.25, 0.3) is 0 Å². The minimum absolute atomic E-state index is 0.355. The minimum Gasteiger partial charge on any atom is -0.465 e. The van der Waals surface area contributed by atoms with Crippen molar-refractivity contribution in [3.8, 4) is 0 Å². The maximum absolute atomic E-state index is 12.3. The fourth-order valence-electron chi connectivity index (χ4n) is 2.94. The summed E-state index contributed by atoms with van der Waals surface area (Å²) in [4.78, 5) is 24.5. The van der Waals surface area contributed by atoms with Crippen molar-refractivity contribution < 1.29 is 18.7 Å². The molecule has 6 nitrogen and oxygen atoms in total. The molecule has 2 aromatic carbocycles. The molecule has 0 fully saturated rings. The highest BCUT2D eigenvalue weighted by Gasteiger charge is 2.20. The van der Waals surface area contributed by atoms with E-state index in [0.717, 1.165) is 11.1 Å². The van der Waals surface area contributed by atoms with Crippen molar-refractivity contribution in [3.05, 3.63) is 94.4 Å². The lowest BCUT2D eigenvalue weighted by atomic mass is 10.0. The molecule has 3 aromatic rings. The van der Waals surface area contributed by atoms with Crippen LogP contribution in [0, 0.1) is 20.8 Å². The highest BCUT2D eigenvalue weighted by atomic mass is 16.5. The van der Waals surface area contributed by atoms with Crippen LogP contribution in [0.3, 0.4) is 0 Å². The predicted octanol–water partition coefficient (Wildman–Crippen LogP) is 3.93. The van der Waals surface area contributed by atoms with Gasteiger partial charge in [0.1, 0.15) is 17.1 Å². The Kier molecular flexibility index (Phi) is 6.24. The van der Waals surface area contributed by atoms with E-state index in [4.69, 9.17) is 9.15 Å². The Balaban J connectivity index is 1.70. The summed E-state index contributed by atoms with van der Waals surface area (Å²) in [6, 6.07) is 19.0. The largest absolute Gasteiger partial charge is 0.465 e. The summed E-state index contributed by atoms with van der Waals surface area (Å²) in [6.07, 6.45) is 0. The number of rotatable bonds is 6. The molecule has 0 spiro atoms. The van der Waals surface area contributed by atoms with Gasteiger partial charge in [0.2, 0.25) is 0 Å². The van der Waals surface area contributed by atoms with E-state index in [-0.39, 0.29) is 0 Å². The molecular weight excluding hydrogens is 368 g/mol. The Labute approximate surface area is 169 Å². The second-order valence-electron chi connectivity index (χ2n) is 6.52. The number of nitrogens with zero attached hydrogens (tertiary/aromatic N) is 1. The van der Waals surface area contributed by atoms with Crippen molar-refractivity contribution in [2.24, 2.45) is 5.10 Å². The number of carbonyl (C=O) groups is 2. The number of nitrogens with one attached hydrogen (secondary N) is 1.